The zero-order valence-corrected chi connectivity index (χ0v) is 18.4. The van der Waals surface area contributed by atoms with Crippen molar-refractivity contribution in [3.05, 3.63) is 102 Å². The van der Waals surface area contributed by atoms with Crippen molar-refractivity contribution in [1.29, 1.82) is 0 Å². The number of rotatable bonds is 9. The van der Waals surface area contributed by atoms with Crippen LogP contribution in [0.25, 0.3) is 11.4 Å². The van der Waals surface area contributed by atoms with E-state index in [4.69, 9.17) is 5.84 Å². The first-order valence-corrected chi connectivity index (χ1v) is 11.5. The van der Waals surface area contributed by atoms with Crippen molar-refractivity contribution in [2.75, 3.05) is 18.1 Å². The molecule has 32 heavy (non-hydrogen) atoms. The number of amides is 1. The lowest BCUT2D eigenvalue weighted by molar-refractivity contribution is -0.118. The number of thioether (sulfide) groups is 1. The number of benzene rings is 3. The van der Waals surface area contributed by atoms with E-state index >= 15 is 0 Å². The highest BCUT2D eigenvalue weighted by Gasteiger charge is 2.16. The summed E-state index contributed by atoms with van der Waals surface area (Å²) in [6, 6.07) is 30.4. The summed E-state index contributed by atoms with van der Waals surface area (Å²) in [6.07, 6.45) is 0.815. The Labute approximate surface area is 191 Å². The fourth-order valence-corrected chi connectivity index (χ4v) is 4.28. The number of carbonyl (C=O) groups is 1. The van der Waals surface area contributed by atoms with Gasteiger partial charge in [-0.3, -0.25) is 4.79 Å². The molecule has 0 radical (unpaired) electrons. The number of nitrogen functional groups attached to an aromatic ring is 1. The molecule has 0 fully saturated rings. The highest BCUT2D eigenvalue weighted by Crippen LogP contribution is 2.27. The van der Waals surface area contributed by atoms with Crippen molar-refractivity contribution < 1.29 is 4.79 Å². The minimum atomic E-state index is -0.0564. The van der Waals surface area contributed by atoms with Crippen molar-refractivity contribution in [1.82, 2.24) is 20.2 Å². The van der Waals surface area contributed by atoms with Crippen LogP contribution in [0.15, 0.2) is 96.2 Å². The smallest absolute Gasteiger partial charge is 0.230 e. The Morgan fingerprint density at radius 2 is 1.44 bits per heavy atom. The van der Waals surface area contributed by atoms with E-state index in [2.05, 4.69) is 39.8 Å². The van der Waals surface area contributed by atoms with Gasteiger partial charge in [0.05, 0.1) is 5.75 Å². The maximum Gasteiger partial charge on any atom is 0.230 e. The molecule has 0 aliphatic heterocycles. The topological polar surface area (TPSA) is 85.8 Å². The van der Waals surface area contributed by atoms with E-state index in [9.17, 15) is 4.79 Å². The molecule has 1 amide bonds. The normalized spacial score (nSPS) is 10.9. The fraction of sp³-hybridized carbons (Fsp3) is 0.160. The Morgan fingerprint density at radius 3 is 2.03 bits per heavy atom. The lowest BCUT2D eigenvalue weighted by Gasteiger charge is -2.18. The van der Waals surface area contributed by atoms with E-state index in [1.807, 2.05) is 66.7 Å². The quantitative estimate of drug-likeness (QED) is 0.301. The second-order valence-corrected chi connectivity index (χ2v) is 8.29. The summed E-state index contributed by atoms with van der Waals surface area (Å²) in [5, 5.41) is 11.8. The highest BCUT2D eigenvalue weighted by atomic mass is 32.2. The van der Waals surface area contributed by atoms with Gasteiger partial charge in [-0.05, 0) is 17.5 Å². The number of nitrogens with two attached hydrogens (primary N) is 1. The third-order valence-corrected chi connectivity index (χ3v) is 6.13. The van der Waals surface area contributed by atoms with Gasteiger partial charge in [-0.25, -0.2) is 4.68 Å². The van der Waals surface area contributed by atoms with Crippen molar-refractivity contribution >= 4 is 17.7 Å². The van der Waals surface area contributed by atoms with Crippen LogP contribution in [-0.4, -0.2) is 33.1 Å². The fourth-order valence-electron chi connectivity index (χ4n) is 3.59. The molecule has 7 heteroatoms. The molecule has 0 aliphatic carbocycles. The number of nitrogens with zero attached hydrogens (tertiary/aromatic N) is 3. The molecule has 0 bridgehead atoms. The molecule has 0 unspecified atom stereocenters. The van der Waals surface area contributed by atoms with Gasteiger partial charge < -0.3 is 11.2 Å². The molecule has 4 aromatic rings. The van der Waals surface area contributed by atoms with Gasteiger partial charge in [0.1, 0.15) is 0 Å². The number of hydrogen-bond acceptors (Lipinski definition) is 5. The summed E-state index contributed by atoms with van der Waals surface area (Å²) in [7, 11) is 0. The molecule has 3 aromatic carbocycles. The molecule has 0 saturated carbocycles. The van der Waals surface area contributed by atoms with Gasteiger partial charge in [0, 0.05) is 18.0 Å². The summed E-state index contributed by atoms with van der Waals surface area (Å²) in [6.45, 7) is 0.582. The average molecular weight is 444 g/mol. The summed E-state index contributed by atoms with van der Waals surface area (Å²) < 4.78 is 1.42. The van der Waals surface area contributed by atoms with Crippen LogP contribution in [-0.2, 0) is 4.79 Å². The lowest BCUT2D eigenvalue weighted by Crippen LogP contribution is -2.27. The van der Waals surface area contributed by atoms with Crippen LogP contribution >= 0.6 is 11.8 Å². The molecule has 162 valence electrons. The molecule has 4 rings (SSSR count). The van der Waals surface area contributed by atoms with Crippen molar-refractivity contribution in [2.24, 2.45) is 0 Å². The molecule has 1 aromatic heterocycles. The van der Waals surface area contributed by atoms with Crippen LogP contribution in [0.5, 0.6) is 0 Å². The average Bonchev–Trinajstić information content (AvgIpc) is 3.22. The number of hydrogen-bond donors (Lipinski definition) is 2. The number of nitrogens with one attached hydrogen (secondary N) is 1. The first kappa shape index (κ1) is 21.6. The molecule has 6 nitrogen and oxygen atoms in total. The molecule has 0 atom stereocenters. The summed E-state index contributed by atoms with van der Waals surface area (Å²) in [5.74, 6) is 7.10. The predicted molar refractivity (Wildman–Crippen MR) is 129 cm³/mol. The molecule has 1 heterocycles. The molecule has 3 N–H and O–H groups in total. The second-order valence-electron chi connectivity index (χ2n) is 7.34. The SMILES string of the molecule is Nn1c(SCC(=O)NCCC(c2ccccc2)c2ccccc2)nnc1-c1ccccc1. The predicted octanol–water partition coefficient (Wildman–Crippen LogP) is 4.09. The Kier molecular flexibility index (Phi) is 7.19. The van der Waals surface area contributed by atoms with E-state index in [-0.39, 0.29) is 17.6 Å². The van der Waals surface area contributed by atoms with Crippen molar-refractivity contribution in [2.45, 2.75) is 17.5 Å². The highest BCUT2D eigenvalue weighted by molar-refractivity contribution is 7.99. The Balaban J connectivity index is 1.32. The van der Waals surface area contributed by atoms with Gasteiger partial charge in [0.15, 0.2) is 5.82 Å². The zero-order chi connectivity index (χ0) is 22.2. The van der Waals surface area contributed by atoms with Crippen LogP contribution in [0.1, 0.15) is 23.5 Å². The van der Waals surface area contributed by atoms with Crippen LogP contribution in [0.3, 0.4) is 0 Å². The minimum Gasteiger partial charge on any atom is -0.355 e. The Hall–Kier alpha value is -3.58. The first-order chi connectivity index (χ1) is 15.7. The van der Waals surface area contributed by atoms with Gasteiger partial charge in [0.25, 0.3) is 0 Å². The van der Waals surface area contributed by atoms with E-state index in [1.54, 1.807) is 0 Å². The van der Waals surface area contributed by atoms with Crippen LogP contribution < -0.4 is 11.2 Å². The summed E-state index contributed by atoms with van der Waals surface area (Å²) in [5.41, 5.74) is 3.37. The third-order valence-electron chi connectivity index (χ3n) is 5.19. The van der Waals surface area contributed by atoms with Crippen molar-refractivity contribution in [3.8, 4) is 11.4 Å². The van der Waals surface area contributed by atoms with Gasteiger partial charge in [-0.2, -0.15) is 0 Å². The molecule has 0 aliphatic rings. The van der Waals surface area contributed by atoms with E-state index < -0.39 is 0 Å². The first-order valence-electron chi connectivity index (χ1n) is 10.5. The van der Waals surface area contributed by atoms with Crippen LogP contribution in [0, 0.1) is 0 Å². The van der Waals surface area contributed by atoms with Gasteiger partial charge >= 0.3 is 0 Å². The number of carbonyl (C=O) groups excluding carboxylic acids is 1. The standard InChI is InChI=1S/C25H25N5OS/c26-30-24(21-14-8-3-9-15-21)28-29-25(30)32-18-23(31)27-17-16-22(19-10-4-1-5-11-19)20-12-6-2-7-13-20/h1-15,22H,16-18,26H2,(H,27,31). The second kappa shape index (κ2) is 10.6. The van der Waals surface area contributed by atoms with Gasteiger partial charge in [0.2, 0.25) is 11.1 Å². The largest absolute Gasteiger partial charge is 0.355 e. The Morgan fingerprint density at radius 1 is 0.875 bits per heavy atom. The molecule has 0 saturated heterocycles. The zero-order valence-electron chi connectivity index (χ0n) is 17.6. The van der Waals surface area contributed by atoms with Gasteiger partial charge in [-0.15, -0.1) is 10.2 Å². The number of aromatic nitrogens is 3. The molecule has 0 spiro atoms. The third kappa shape index (κ3) is 5.36. The van der Waals surface area contributed by atoms with E-state index in [0.29, 0.717) is 17.5 Å². The maximum atomic E-state index is 12.4. The van der Waals surface area contributed by atoms with Crippen molar-refractivity contribution in [3.63, 3.8) is 0 Å². The Bertz CT molecular complexity index is 1090. The van der Waals surface area contributed by atoms with Crippen LogP contribution in [0.2, 0.25) is 0 Å². The van der Waals surface area contributed by atoms with E-state index in [0.717, 1.165) is 12.0 Å². The van der Waals surface area contributed by atoms with Gasteiger partial charge in [-0.1, -0.05) is 103 Å². The molecular formula is C25H25N5OS. The molecular weight excluding hydrogens is 418 g/mol. The van der Waals surface area contributed by atoms with Crippen LogP contribution in [0.4, 0.5) is 0 Å². The maximum absolute atomic E-state index is 12.4. The summed E-state index contributed by atoms with van der Waals surface area (Å²) in [4.78, 5) is 12.4. The summed E-state index contributed by atoms with van der Waals surface area (Å²) >= 11 is 1.27. The lowest BCUT2D eigenvalue weighted by atomic mass is 9.88. The monoisotopic (exact) mass is 443 g/mol. The minimum absolute atomic E-state index is 0.0564. The van der Waals surface area contributed by atoms with E-state index in [1.165, 1.54) is 27.6 Å².